The van der Waals surface area contributed by atoms with Crippen molar-refractivity contribution in [3.8, 4) is 6.07 Å². The largest absolute Gasteiger partial charge is 0.379 e. The molecule has 0 spiro atoms. The maximum Gasteiger partial charge on any atom is 0.182 e. The van der Waals surface area contributed by atoms with Crippen LogP contribution < -0.4 is 5.32 Å². The summed E-state index contributed by atoms with van der Waals surface area (Å²) in [5, 5.41) is 12.4. The van der Waals surface area contributed by atoms with Gasteiger partial charge in [-0.2, -0.15) is 5.26 Å². The molecule has 2 aromatic heterocycles. The predicted octanol–water partition coefficient (Wildman–Crippen LogP) is 2.20. The van der Waals surface area contributed by atoms with Crippen molar-refractivity contribution in [2.24, 2.45) is 0 Å². The highest BCUT2D eigenvalue weighted by molar-refractivity contribution is 7.12. The molecule has 1 atom stereocenters. The number of thiophene rings is 1. The van der Waals surface area contributed by atoms with Gasteiger partial charge in [-0.1, -0.05) is 0 Å². The Morgan fingerprint density at radius 2 is 2.13 bits per heavy atom. The molecule has 2 aromatic rings. The summed E-state index contributed by atoms with van der Waals surface area (Å²) in [6.45, 7) is 6.15. The van der Waals surface area contributed by atoms with Gasteiger partial charge in [0.1, 0.15) is 6.07 Å². The molecule has 1 saturated heterocycles. The monoisotopic (exact) mass is 329 g/mol. The average Bonchev–Trinajstić information content (AvgIpc) is 3.02. The van der Waals surface area contributed by atoms with Crippen molar-refractivity contribution in [3.05, 3.63) is 40.0 Å². The molecule has 0 amide bonds. The first-order chi connectivity index (χ1) is 11.3. The third-order valence-corrected chi connectivity index (χ3v) is 4.94. The molecule has 7 heteroatoms. The normalized spacial score (nSPS) is 16.7. The molecule has 6 nitrogen and oxygen atoms in total. The van der Waals surface area contributed by atoms with Crippen LogP contribution in [-0.2, 0) is 4.74 Å². The van der Waals surface area contributed by atoms with E-state index < -0.39 is 0 Å². The SMILES string of the molecule is Cc1ccc([C@H](CNc2nccnc2C#N)N2CCOCC2)s1. The summed E-state index contributed by atoms with van der Waals surface area (Å²) < 4.78 is 5.47. The second kappa shape index (κ2) is 7.51. The van der Waals surface area contributed by atoms with Gasteiger partial charge in [0.25, 0.3) is 0 Å². The number of ether oxygens (including phenoxy) is 1. The molecule has 0 unspecified atom stereocenters. The number of anilines is 1. The molecule has 1 N–H and O–H groups in total. The van der Waals surface area contributed by atoms with Gasteiger partial charge in [-0.25, -0.2) is 9.97 Å². The standard InChI is InChI=1S/C16H19N5OS/c1-12-2-3-15(23-12)14(21-6-8-22-9-7-21)11-20-16-13(10-17)18-4-5-19-16/h2-5,14H,6-9,11H2,1H3,(H,19,20)/t14-/m0/s1. The summed E-state index contributed by atoms with van der Waals surface area (Å²) in [6, 6.07) is 6.65. The Morgan fingerprint density at radius 1 is 1.35 bits per heavy atom. The first kappa shape index (κ1) is 15.9. The van der Waals surface area contributed by atoms with E-state index in [0.717, 1.165) is 26.3 Å². The third kappa shape index (κ3) is 3.85. The maximum atomic E-state index is 9.14. The van der Waals surface area contributed by atoms with E-state index in [0.29, 0.717) is 18.1 Å². The number of nitrogens with one attached hydrogen (secondary N) is 1. The van der Waals surface area contributed by atoms with Crippen LogP contribution in [0.15, 0.2) is 24.5 Å². The van der Waals surface area contributed by atoms with Crippen molar-refractivity contribution in [1.29, 1.82) is 5.26 Å². The Balaban J connectivity index is 1.77. The minimum absolute atomic E-state index is 0.242. The highest BCUT2D eigenvalue weighted by Gasteiger charge is 2.24. The summed E-state index contributed by atoms with van der Waals surface area (Å²) >= 11 is 1.81. The summed E-state index contributed by atoms with van der Waals surface area (Å²) in [7, 11) is 0. The third-order valence-electron chi connectivity index (χ3n) is 3.84. The lowest BCUT2D eigenvalue weighted by molar-refractivity contribution is 0.0194. The number of aryl methyl sites for hydroxylation is 1. The van der Waals surface area contributed by atoms with Gasteiger partial charge in [-0.15, -0.1) is 11.3 Å². The molecular weight excluding hydrogens is 310 g/mol. The van der Waals surface area contributed by atoms with Crippen LogP contribution in [0.3, 0.4) is 0 Å². The fraction of sp³-hybridized carbons (Fsp3) is 0.438. The average molecular weight is 329 g/mol. The van der Waals surface area contributed by atoms with E-state index in [2.05, 4.69) is 45.3 Å². The zero-order chi connectivity index (χ0) is 16.1. The quantitative estimate of drug-likeness (QED) is 0.906. The molecule has 3 rings (SSSR count). The van der Waals surface area contributed by atoms with Crippen LogP contribution in [0.1, 0.15) is 21.5 Å². The Bertz CT molecular complexity index is 690. The lowest BCUT2D eigenvalue weighted by Crippen LogP contribution is -2.41. The molecule has 0 bridgehead atoms. The summed E-state index contributed by atoms with van der Waals surface area (Å²) in [5.74, 6) is 0.543. The number of morpholine rings is 1. The van der Waals surface area contributed by atoms with Crippen molar-refractivity contribution >= 4 is 17.2 Å². The predicted molar refractivity (Wildman–Crippen MR) is 89.4 cm³/mol. The molecule has 1 fully saturated rings. The molecule has 120 valence electrons. The Hall–Kier alpha value is -2.01. The van der Waals surface area contributed by atoms with Crippen LogP contribution in [0.25, 0.3) is 0 Å². The van der Waals surface area contributed by atoms with Crippen LogP contribution in [-0.4, -0.2) is 47.7 Å². The number of hydrogen-bond donors (Lipinski definition) is 1. The van der Waals surface area contributed by atoms with Crippen molar-refractivity contribution in [2.45, 2.75) is 13.0 Å². The van der Waals surface area contributed by atoms with Crippen molar-refractivity contribution in [1.82, 2.24) is 14.9 Å². The van der Waals surface area contributed by atoms with Crippen LogP contribution in [0.5, 0.6) is 0 Å². The number of nitrogens with zero attached hydrogens (tertiary/aromatic N) is 4. The van der Waals surface area contributed by atoms with Gasteiger partial charge in [-0.3, -0.25) is 4.90 Å². The van der Waals surface area contributed by atoms with E-state index in [1.807, 2.05) is 11.3 Å². The van der Waals surface area contributed by atoms with E-state index in [-0.39, 0.29) is 6.04 Å². The molecule has 1 aliphatic heterocycles. The number of hydrogen-bond acceptors (Lipinski definition) is 7. The zero-order valence-electron chi connectivity index (χ0n) is 13.0. The molecular formula is C16H19N5OS. The Kier molecular flexibility index (Phi) is 5.18. The van der Waals surface area contributed by atoms with Gasteiger partial charge in [0.2, 0.25) is 0 Å². The van der Waals surface area contributed by atoms with Crippen LogP contribution in [0.2, 0.25) is 0 Å². The summed E-state index contributed by atoms with van der Waals surface area (Å²) in [4.78, 5) is 13.3. The van der Waals surface area contributed by atoms with Crippen molar-refractivity contribution in [2.75, 3.05) is 38.2 Å². The van der Waals surface area contributed by atoms with Gasteiger partial charge in [-0.05, 0) is 19.1 Å². The van der Waals surface area contributed by atoms with Crippen LogP contribution in [0.4, 0.5) is 5.82 Å². The van der Waals surface area contributed by atoms with Gasteiger partial charge < -0.3 is 10.1 Å². The molecule has 0 aromatic carbocycles. The number of aromatic nitrogens is 2. The highest BCUT2D eigenvalue weighted by Crippen LogP contribution is 2.28. The number of rotatable bonds is 5. The molecule has 23 heavy (non-hydrogen) atoms. The lowest BCUT2D eigenvalue weighted by Gasteiger charge is -2.34. The van der Waals surface area contributed by atoms with Crippen molar-refractivity contribution in [3.63, 3.8) is 0 Å². The summed E-state index contributed by atoms with van der Waals surface area (Å²) in [5.41, 5.74) is 0.329. The number of nitriles is 1. The van der Waals surface area contributed by atoms with Crippen LogP contribution >= 0.6 is 11.3 Å². The zero-order valence-corrected chi connectivity index (χ0v) is 13.8. The molecule has 0 aliphatic carbocycles. The van der Waals surface area contributed by atoms with Gasteiger partial charge >= 0.3 is 0 Å². The minimum atomic E-state index is 0.242. The summed E-state index contributed by atoms with van der Waals surface area (Å²) in [6.07, 6.45) is 3.13. The van der Waals surface area contributed by atoms with E-state index in [9.17, 15) is 0 Å². The molecule has 3 heterocycles. The van der Waals surface area contributed by atoms with E-state index in [1.165, 1.54) is 16.0 Å². The second-order valence-corrected chi connectivity index (χ2v) is 6.68. The fourth-order valence-corrected chi connectivity index (χ4v) is 3.69. The van der Waals surface area contributed by atoms with Gasteiger partial charge in [0.05, 0.1) is 19.3 Å². The first-order valence-corrected chi connectivity index (χ1v) is 8.42. The Labute approximate surface area is 139 Å². The highest BCUT2D eigenvalue weighted by atomic mass is 32.1. The minimum Gasteiger partial charge on any atom is -0.379 e. The van der Waals surface area contributed by atoms with Crippen LogP contribution in [0, 0.1) is 18.3 Å². The Morgan fingerprint density at radius 3 is 2.83 bits per heavy atom. The van der Waals surface area contributed by atoms with Gasteiger partial charge in [0.15, 0.2) is 11.5 Å². The first-order valence-electron chi connectivity index (χ1n) is 7.61. The fourth-order valence-electron chi connectivity index (χ4n) is 2.67. The van der Waals surface area contributed by atoms with Crippen molar-refractivity contribution < 1.29 is 4.74 Å². The second-order valence-electron chi connectivity index (χ2n) is 5.36. The molecule has 0 radical (unpaired) electrons. The van der Waals surface area contributed by atoms with E-state index >= 15 is 0 Å². The van der Waals surface area contributed by atoms with E-state index in [1.54, 1.807) is 6.20 Å². The van der Waals surface area contributed by atoms with E-state index in [4.69, 9.17) is 10.00 Å². The molecule has 0 saturated carbocycles. The molecule has 1 aliphatic rings. The smallest absolute Gasteiger partial charge is 0.182 e. The lowest BCUT2D eigenvalue weighted by atomic mass is 10.2. The van der Waals surface area contributed by atoms with Gasteiger partial charge in [0, 0.05) is 41.8 Å². The topological polar surface area (TPSA) is 74.1 Å². The maximum absolute atomic E-state index is 9.14.